The Labute approximate surface area is 190 Å². The Morgan fingerprint density at radius 3 is 2.74 bits per heavy atom. The quantitative estimate of drug-likeness (QED) is 0.243. The number of hydrogen-bond donors (Lipinski definition) is 1. The summed E-state index contributed by atoms with van der Waals surface area (Å²) in [5.74, 6) is -0.755. The summed E-state index contributed by atoms with van der Waals surface area (Å²) in [6.45, 7) is 4.21. The molecule has 2 rings (SSSR count). The molecule has 0 atom stereocenters. The van der Waals surface area contributed by atoms with Crippen LogP contribution in [-0.4, -0.2) is 66.5 Å². The number of ether oxygens (including phenoxy) is 2. The van der Waals surface area contributed by atoms with Gasteiger partial charge in [-0.25, -0.2) is 9.59 Å². The summed E-state index contributed by atoms with van der Waals surface area (Å²) in [4.78, 5) is 50.0. The van der Waals surface area contributed by atoms with E-state index in [-0.39, 0.29) is 36.0 Å². The van der Waals surface area contributed by atoms with E-state index in [9.17, 15) is 19.2 Å². The average Bonchev–Trinajstić information content (AvgIpc) is 3.08. The van der Waals surface area contributed by atoms with Gasteiger partial charge in [0.2, 0.25) is 11.8 Å². The Hall–Kier alpha value is -2.46. The van der Waals surface area contributed by atoms with Gasteiger partial charge in [-0.2, -0.15) is 0 Å². The summed E-state index contributed by atoms with van der Waals surface area (Å²) < 4.78 is 9.97. The van der Waals surface area contributed by atoms with Crippen molar-refractivity contribution in [3.8, 4) is 0 Å². The third-order valence-corrected chi connectivity index (χ3v) is 6.13. The highest BCUT2D eigenvalue weighted by atomic mass is 32.2. The van der Waals surface area contributed by atoms with Crippen LogP contribution in [0.3, 0.4) is 0 Å². The van der Waals surface area contributed by atoms with Crippen molar-refractivity contribution in [1.82, 2.24) is 10.2 Å². The fourth-order valence-corrected chi connectivity index (χ4v) is 4.47. The maximum atomic E-state index is 12.5. The molecule has 1 N–H and O–H groups in total. The number of rotatable bonds is 10. The fraction of sp³-hybridized carbons (Fsp3) is 0.429. The minimum atomic E-state index is -0.523. The Balaban J connectivity index is 1.86. The molecule has 10 heteroatoms. The fourth-order valence-electron chi connectivity index (χ4n) is 2.66. The van der Waals surface area contributed by atoms with Crippen LogP contribution in [-0.2, 0) is 23.9 Å². The Morgan fingerprint density at radius 2 is 2.03 bits per heavy atom. The number of carbonyl (C=O) groups excluding carboxylic acids is 4. The molecule has 1 aromatic carbocycles. The van der Waals surface area contributed by atoms with Crippen molar-refractivity contribution in [1.29, 1.82) is 0 Å². The molecule has 0 aliphatic carbocycles. The summed E-state index contributed by atoms with van der Waals surface area (Å²) >= 11 is 2.54. The standard InChI is InChI=1S/C21H26N2O6S2/c1-14(2)22-17(24)12-30-16-8-5-4-7-15(16)21(27)29-10-6-9-23-18(25)13-31-19(23)11-20(26)28-3/h4-5,7-8,11,14H,6,9-10,12-13H2,1-3H3,(H,22,24)/b19-11+. The van der Waals surface area contributed by atoms with E-state index in [1.54, 1.807) is 24.3 Å². The van der Waals surface area contributed by atoms with E-state index in [0.717, 1.165) is 0 Å². The lowest BCUT2D eigenvalue weighted by Crippen LogP contribution is -2.31. The first-order valence-corrected chi connectivity index (χ1v) is 11.7. The number of thioether (sulfide) groups is 2. The van der Waals surface area contributed by atoms with Crippen LogP contribution in [0.15, 0.2) is 40.3 Å². The summed E-state index contributed by atoms with van der Waals surface area (Å²) in [6, 6.07) is 7.01. The molecule has 0 saturated carbocycles. The lowest BCUT2D eigenvalue weighted by molar-refractivity contribution is -0.135. The predicted molar refractivity (Wildman–Crippen MR) is 120 cm³/mol. The summed E-state index contributed by atoms with van der Waals surface area (Å²) in [5, 5.41) is 3.34. The smallest absolute Gasteiger partial charge is 0.339 e. The molecule has 1 heterocycles. The molecule has 0 bridgehead atoms. The van der Waals surface area contributed by atoms with Crippen LogP contribution >= 0.6 is 23.5 Å². The molecule has 0 aromatic heterocycles. The summed E-state index contributed by atoms with van der Waals surface area (Å²) in [5.41, 5.74) is 0.393. The Bertz CT molecular complexity index is 856. The minimum Gasteiger partial charge on any atom is -0.466 e. The number of carbonyl (C=O) groups is 4. The van der Waals surface area contributed by atoms with Gasteiger partial charge >= 0.3 is 11.9 Å². The van der Waals surface area contributed by atoms with Crippen molar-refractivity contribution in [3.05, 3.63) is 40.9 Å². The first kappa shape index (κ1) is 24.8. The lowest BCUT2D eigenvalue weighted by Gasteiger charge is -2.17. The zero-order valence-electron chi connectivity index (χ0n) is 17.7. The van der Waals surface area contributed by atoms with E-state index in [0.29, 0.717) is 28.5 Å². The Kier molecular flexibility index (Phi) is 9.93. The monoisotopic (exact) mass is 466 g/mol. The molecule has 1 aromatic rings. The van der Waals surface area contributed by atoms with Crippen molar-refractivity contribution in [2.45, 2.75) is 31.2 Å². The van der Waals surface area contributed by atoms with Crippen LogP contribution in [0.25, 0.3) is 0 Å². The van der Waals surface area contributed by atoms with Gasteiger partial charge in [-0.3, -0.25) is 9.59 Å². The number of benzene rings is 1. The molecule has 8 nitrogen and oxygen atoms in total. The molecule has 1 saturated heterocycles. The molecule has 168 valence electrons. The molecule has 0 spiro atoms. The minimum absolute atomic E-state index is 0.0529. The largest absolute Gasteiger partial charge is 0.466 e. The van der Waals surface area contributed by atoms with Crippen molar-refractivity contribution >= 4 is 47.3 Å². The molecular weight excluding hydrogens is 440 g/mol. The van der Waals surface area contributed by atoms with Gasteiger partial charge in [0, 0.05) is 17.5 Å². The van der Waals surface area contributed by atoms with Crippen molar-refractivity contribution in [3.63, 3.8) is 0 Å². The second-order valence-electron chi connectivity index (χ2n) is 6.84. The predicted octanol–water partition coefficient (Wildman–Crippen LogP) is 2.44. The van der Waals surface area contributed by atoms with Gasteiger partial charge in [-0.05, 0) is 32.4 Å². The highest BCUT2D eigenvalue weighted by Gasteiger charge is 2.27. The highest BCUT2D eigenvalue weighted by Crippen LogP contribution is 2.29. The number of nitrogens with one attached hydrogen (secondary N) is 1. The number of nitrogens with zero attached hydrogens (tertiary/aromatic N) is 1. The molecule has 0 radical (unpaired) electrons. The molecule has 1 aliphatic heterocycles. The zero-order valence-corrected chi connectivity index (χ0v) is 19.3. The maximum Gasteiger partial charge on any atom is 0.339 e. The van der Waals surface area contributed by atoms with Crippen LogP contribution < -0.4 is 5.32 Å². The third kappa shape index (κ3) is 7.95. The first-order chi connectivity index (χ1) is 14.8. The van der Waals surface area contributed by atoms with E-state index >= 15 is 0 Å². The van der Waals surface area contributed by atoms with Gasteiger partial charge in [-0.1, -0.05) is 23.9 Å². The van der Waals surface area contributed by atoms with Gasteiger partial charge in [0.1, 0.15) is 0 Å². The normalized spacial score (nSPS) is 14.8. The molecule has 2 amide bonds. The number of esters is 2. The maximum absolute atomic E-state index is 12.5. The lowest BCUT2D eigenvalue weighted by atomic mass is 10.2. The summed E-state index contributed by atoms with van der Waals surface area (Å²) in [7, 11) is 1.28. The topological polar surface area (TPSA) is 102 Å². The van der Waals surface area contributed by atoms with E-state index in [1.165, 1.54) is 41.6 Å². The second-order valence-corrected chi connectivity index (χ2v) is 8.85. The van der Waals surface area contributed by atoms with E-state index in [4.69, 9.17) is 4.74 Å². The second kappa shape index (κ2) is 12.4. The molecule has 1 aliphatic rings. The molecule has 31 heavy (non-hydrogen) atoms. The van der Waals surface area contributed by atoms with Crippen LogP contribution in [0.2, 0.25) is 0 Å². The van der Waals surface area contributed by atoms with Gasteiger partial charge < -0.3 is 19.7 Å². The molecule has 0 unspecified atom stereocenters. The van der Waals surface area contributed by atoms with Gasteiger partial charge in [0.05, 0.1) is 41.9 Å². The Morgan fingerprint density at radius 1 is 1.29 bits per heavy atom. The average molecular weight is 467 g/mol. The first-order valence-electron chi connectivity index (χ1n) is 9.73. The van der Waals surface area contributed by atoms with Crippen LogP contribution in [0.4, 0.5) is 0 Å². The molecular formula is C21H26N2O6S2. The third-order valence-electron chi connectivity index (χ3n) is 4.03. The van der Waals surface area contributed by atoms with Gasteiger partial charge in [0.25, 0.3) is 0 Å². The van der Waals surface area contributed by atoms with Crippen LogP contribution in [0.1, 0.15) is 30.6 Å². The van der Waals surface area contributed by atoms with E-state index in [2.05, 4.69) is 10.1 Å². The molecule has 1 fully saturated rings. The number of hydrogen-bond acceptors (Lipinski definition) is 8. The van der Waals surface area contributed by atoms with Crippen molar-refractivity contribution in [2.24, 2.45) is 0 Å². The summed E-state index contributed by atoms with van der Waals surface area (Å²) in [6.07, 6.45) is 1.70. The van der Waals surface area contributed by atoms with Crippen molar-refractivity contribution in [2.75, 3.05) is 31.8 Å². The van der Waals surface area contributed by atoms with Gasteiger partial charge in [0.15, 0.2) is 0 Å². The zero-order chi connectivity index (χ0) is 22.8. The van der Waals surface area contributed by atoms with E-state index < -0.39 is 11.9 Å². The van der Waals surface area contributed by atoms with Crippen LogP contribution in [0.5, 0.6) is 0 Å². The highest BCUT2D eigenvalue weighted by molar-refractivity contribution is 8.04. The van der Waals surface area contributed by atoms with Gasteiger partial charge in [-0.15, -0.1) is 11.8 Å². The number of amides is 2. The van der Waals surface area contributed by atoms with E-state index in [1.807, 2.05) is 13.8 Å². The number of methoxy groups -OCH3 is 1. The van der Waals surface area contributed by atoms with Crippen LogP contribution in [0, 0.1) is 0 Å². The van der Waals surface area contributed by atoms with Crippen molar-refractivity contribution < 1.29 is 28.7 Å². The SMILES string of the molecule is COC(=O)/C=C1/SCC(=O)N1CCCOC(=O)c1ccccc1SCC(=O)NC(C)C.